The van der Waals surface area contributed by atoms with Gasteiger partial charge in [-0.15, -0.1) is 0 Å². The Labute approximate surface area is 95.3 Å². The zero-order valence-electron chi connectivity index (χ0n) is 9.59. The van der Waals surface area contributed by atoms with Gasteiger partial charge in [-0.05, 0) is 43.8 Å². The summed E-state index contributed by atoms with van der Waals surface area (Å²) < 4.78 is 2.99. The molecule has 0 radical (unpaired) electrons. The Hall–Kier alpha value is -1.16. The first-order chi connectivity index (χ1) is 7.04. The van der Waals surface area contributed by atoms with Crippen LogP contribution in [0.4, 0.5) is 0 Å². The van der Waals surface area contributed by atoms with Crippen LogP contribution in [0.15, 0.2) is 22.0 Å². The molecule has 3 N–H and O–H groups in total. The maximum atomic E-state index is 5.57. The van der Waals surface area contributed by atoms with Crippen LogP contribution in [0.2, 0.25) is 0 Å². The van der Waals surface area contributed by atoms with E-state index in [0.29, 0.717) is 5.96 Å². The fourth-order valence-electron chi connectivity index (χ4n) is 1.48. The lowest BCUT2D eigenvalue weighted by Crippen LogP contribution is -2.25. The molecule has 4 heteroatoms. The van der Waals surface area contributed by atoms with Crippen molar-refractivity contribution >= 4 is 17.9 Å². The first-order valence-electron chi connectivity index (χ1n) is 4.77. The lowest BCUT2D eigenvalue weighted by molar-refractivity contribution is 1.18. The number of guanidine groups is 1. The average Bonchev–Trinajstić information content (AvgIpc) is 2.15. The maximum absolute atomic E-state index is 5.57. The molecular formula is C11H17N3S. The quantitative estimate of drug-likeness (QED) is 0.459. The summed E-state index contributed by atoms with van der Waals surface area (Å²) in [6.45, 7) is 6.30. The highest BCUT2D eigenvalue weighted by molar-refractivity contribution is 7.98. The normalized spacial score (nSPS) is 11.6. The van der Waals surface area contributed by atoms with Gasteiger partial charge in [0.1, 0.15) is 0 Å². The molecule has 0 amide bonds. The van der Waals surface area contributed by atoms with Crippen molar-refractivity contribution < 1.29 is 0 Å². The summed E-state index contributed by atoms with van der Waals surface area (Å²) in [5, 5.41) is 0. The Kier molecular flexibility index (Phi) is 4.03. The van der Waals surface area contributed by atoms with Gasteiger partial charge in [0, 0.05) is 11.9 Å². The number of aliphatic imine (C=N–C) groups is 1. The minimum Gasteiger partial charge on any atom is -0.369 e. The second-order valence-electron chi connectivity index (χ2n) is 3.54. The molecule has 0 heterocycles. The number of benzene rings is 1. The molecule has 0 bridgehead atoms. The summed E-state index contributed by atoms with van der Waals surface area (Å²) in [6.07, 6.45) is 0. The van der Waals surface area contributed by atoms with Gasteiger partial charge in [0.2, 0.25) is 0 Å². The molecule has 0 atom stereocenters. The van der Waals surface area contributed by atoms with Gasteiger partial charge >= 0.3 is 0 Å². The van der Waals surface area contributed by atoms with E-state index in [1.807, 2.05) is 0 Å². The third-order valence-corrected chi connectivity index (χ3v) is 3.26. The predicted octanol–water partition coefficient (Wildman–Crippen LogP) is 2.15. The minimum atomic E-state index is 0.444. The fraction of sp³-hybridized carbons (Fsp3) is 0.364. The second-order valence-corrected chi connectivity index (χ2v) is 4.36. The molecule has 0 unspecified atom stereocenters. The highest BCUT2D eigenvalue weighted by Crippen LogP contribution is 2.25. The molecule has 1 aromatic rings. The largest absolute Gasteiger partial charge is 0.369 e. The van der Waals surface area contributed by atoms with E-state index >= 15 is 0 Å². The lowest BCUT2D eigenvalue weighted by Gasteiger charge is -2.11. The molecule has 3 nitrogen and oxygen atoms in total. The number of nitrogens with zero attached hydrogens (tertiary/aromatic N) is 1. The topological polar surface area (TPSA) is 50.4 Å². The van der Waals surface area contributed by atoms with Crippen molar-refractivity contribution in [2.24, 2.45) is 10.7 Å². The first-order valence-corrected chi connectivity index (χ1v) is 5.59. The van der Waals surface area contributed by atoms with Crippen LogP contribution in [0, 0.1) is 20.8 Å². The number of hydrogen-bond donors (Lipinski definition) is 2. The van der Waals surface area contributed by atoms with E-state index in [1.165, 1.54) is 33.5 Å². The number of hydrogen-bond acceptors (Lipinski definition) is 2. The van der Waals surface area contributed by atoms with E-state index < -0.39 is 0 Å². The van der Waals surface area contributed by atoms with Crippen molar-refractivity contribution in [2.75, 3.05) is 7.05 Å². The maximum Gasteiger partial charge on any atom is 0.198 e. The van der Waals surface area contributed by atoms with Crippen LogP contribution in [0.1, 0.15) is 16.7 Å². The van der Waals surface area contributed by atoms with Crippen molar-refractivity contribution in [2.45, 2.75) is 25.7 Å². The van der Waals surface area contributed by atoms with Gasteiger partial charge in [-0.25, -0.2) is 0 Å². The second kappa shape index (κ2) is 5.07. The summed E-state index contributed by atoms with van der Waals surface area (Å²) >= 11 is 1.51. The SMILES string of the molecule is CN=C(N)NSc1c(C)cc(C)cc1C. The van der Waals surface area contributed by atoms with E-state index in [2.05, 4.69) is 42.6 Å². The summed E-state index contributed by atoms with van der Waals surface area (Å²) in [7, 11) is 1.66. The van der Waals surface area contributed by atoms with Gasteiger partial charge < -0.3 is 5.73 Å². The van der Waals surface area contributed by atoms with E-state index in [0.717, 1.165) is 0 Å². The number of nitrogens with two attached hydrogens (primary N) is 1. The molecule has 1 rings (SSSR count). The Morgan fingerprint density at radius 3 is 2.27 bits per heavy atom. The molecule has 0 aliphatic heterocycles. The van der Waals surface area contributed by atoms with Gasteiger partial charge in [-0.1, -0.05) is 17.7 Å². The van der Waals surface area contributed by atoms with Crippen LogP contribution in [0.3, 0.4) is 0 Å². The third-order valence-electron chi connectivity index (χ3n) is 2.10. The fourth-order valence-corrected chi connectivity index (χ4v) is 2.21. The smallest absolute Gasteiger partial charge is 0.198 e. The Bertz CT molecular complexity index is 362. The van der Waals surface area contributed by atoms with Crippen LogP contribution < -0.4 is 10.5 Å². The molecule has 0 aromatic heterocycles. The van der Waals surface area contributed by atoms with E-state index in [9.17, 15) is 0 Å². The molecule has 0 saturated heterocycles. The van der Waals surface area contributed by atoms with Gasteiger partial charge in [0.05, 0.1) is 0 Å². The average molecular weight is 223 g/mol. The minimum absolute atomic E-state index is 0.444. The molecule has 0 fully saturated rings. The van der Waals surface area contributed by atoms with E-state index in [-0.39, 0.29) is 0 Å². The number of aryl methyl sites for hydroxylation is 3. The Morgan fingerprint density at radius 2 is 1.80 bits per heavy atom. The van der Waals surface area contributed by atoms with Crippen LogP contribution >= 0.6 is 11.9 Å². The third kappa shape index (κ3) is 3.16. The summed E-state index contributed by atoms with van der Waals surface area (Å²) in [5.41, 5.74) is 9.37. The summed E-state index contributed by atoms with van der Waals surface area (Å²) in [4.78, 5) is 5.06. The monoisotopic (exact) mass is 223 g/mol. The predicted molar refractivity (Wildman–Crippen MR) is 67.2 cm³/mol. The zero-order valence-corrected chi connectivity index (χ0v) is 10.4. The van der Waals surface area contributed by atoms with Crippen LogP contribution in [-0.4, -0.2) is 13.0 Å². The Morgan fingerprint density at radius 1 is 1.27 bits per heavy atom. The van der Waals surface area contributed by atoms with Crippen molar-refractivity contribution in [3.8, 4) is 0 Å². The molecule has 0 spiro atoms. The highest BCUT2D eigenvalue weighted by Gasteiger charge is 2.04. The zero-order chi connectivity index (χ0) is 11.4. The van der Waals surface area contributed by atoms with Crippen LogP contribution in [0.25, 0.3) is 0 Å². The van der Waals surface area contributed by atoms with Gasteiger partial charge in [-0.3, -0.25) is 9.71 Å². The van der Waals surface area contributed by atoms with E-state index in [1.54, 1.807) is 7.05 Å². The first kappa shape index (κ1) is 11.9. The van der Waals surface area contributed by atoms with Gasteiger partial charge in [-0.2, -0.15) is 0 Å². The lowest BCUT2D eigenvalue weighted by atomic mass is 10.1. The van der Waals surface area contributed by atoms with Gasteiger partial charge in [0.15, 0.2) is 5.96 Å². The van der Waals surface area contributed by atoms with Crippen LogP contribution in [0.5, 0.6) is 0 Å². The van der Waals surface area contributed by atoms with Gasteiger partial charge in [0.25, 0.3) is 0 Å². The highest BCUT2D eigenvalue weighted by atomic mass is 32.2. The molecule has 82 valence electrons. The van der Waals surface area contributed by atoms with E-state index in [4.69, 9.17) is 5.73 Å². The molecule has 0 aliphatic carbocycles. The van der Waals surface area contributed by atoms with Crippen molar-refractivity contribution in [3.63, 3.8) is 0 Å². The number of nitrogens with one attached hydrogen (secondary N) is 1. The number of rotatable bonds is 2. The van der Waals surface area contributed by atoms with Crippen LogP contribution in [-0.2, 0) is 0 Å². The standard InChI is InChI=1S/C11H17N3S/c1-7-5-8(2)10(9(3)6-7)15-14-11(12)13-4/h5-6H,1-4H3,(H3,12,13,14). The molecule has 1 aromatic carbocycles. The Balaban J connectivity index is 2.86. The summed E-state index contributed by atoms with van der Waals surface area (Å²) in [5.74, 6) is 0.444. The molecule has 15 heavy (non-hydrogen) atoms. The van der Waals surface area contributed by atoms with Crippen molar-refractivity contribution in [1.29, 1.82) is 0 Å². The molecule has 0 saturated carbocycles. The van der Waals surface area contributed by atoms with Crippen molar-refractivity contribution in [3.05, 3.63) is 28.8 Å². The molecule has 0 aliphatic rings. The van der Waals surface area contributed by atoms with Crippen molar-refractivity contribution in [1.82, 2.24) is 4.72 Å². The summed E-state index contributed by atoms with van der Waals surface area (Å²) in [6, 6.07) is 4.33. The molecular weight excluding hydrogens is 206 g/mol.